The molecule has 0 unspecified atom stereocenters. The number of likely N-dealkylation sites (tertiary alicyclic amines) is 1. The number of nitrogens with zero attached hydrogens (tertiary/aromatic N) is 2. The molecule has 31 heavy (non-hydrogen) atoms. The van der Waals surface area contributed by atoms with E-state index < -0.39 is 12.1 Å². The maximum atomic E-state index is 12.6. The van der Waals surface area contributed by atoms with Gasteiger partial charge in [0.05, 0.1) is 6.54 Å². The number of carbonyl (C=O) groups is 4. The zero-order valence-electron chi connectivity index (χ0n) is 17.2. The average molecular weight is 430 g/mol. The van der Waals surface area contributed by atoms with E-state index in [1.165, 1.54) is 0 Å². The maximum absolute atomic E-state index is 12.6. The highest BCUT2D eigenvalue weighted by Crippen LogP contribution is 2.33. The van der Waals surface area contributed by atoms with E-state index in [1.54, 1.807) is 18.2 Å². The van der Waals surface area contributed by atoms with Gasteiger partial charge in [0.15, 0.2) is 11.5 Å². The summed E-state index contributed by atoms with van der Waals surface area (Å²) in [6.07, 6.45) is 2.58. The van der Waals surface area contributed by atoms with Crippen LogP contribution in [0.25, 0.3) is 0 Å². The standard InChI is InChI=1S/C21H26N4O6/c26-18(22-8-2-10-24-9-1-3-19(24)27)7-5-15-20(28)25(21(29)23-15)12-14-4-6-16-17(11-14)31-13-30-16/h4,6,11,15H,1-3,5,7-10,12-13H2,(H,22,26)(H,23,29)/t15-/m0/s1. The van der Waals surface area contributed by atoms with Crippen molar-refractivity contribution < 1.29 is 28.7 Å². The van der Waals surface area contributed by atoms with E-state index in [9.17, 15) is 19.2 Å². The van der Waals surface area contributed by atoms with E-state index in [4.69, 9.17) is 9.47 Å². The van der Waals surface area contributed by atoms with Gasteiger partial charge in [-0.15, -0.1) is 0 Å². The van der Waals surface area contributed by atoms with E-state index >= 15 is 0 Å². The molecular formula is C21H26N4O6. The molecular weight excluding hydrogens is 404 g/mol. The Morgan fingerprint density at radius 3 is 2.84 bits per heavy atom. The highest BCUT2D eigenvalue weighted by molar-refractivity contribution is 6.04. The summed E-state index contributed by atoms with van der Waals surface area (Å²) in [6, 6.07) is 4.10. The van der Waals surface area contributed by atoms with E-state index in [-0.39, 0.29) is 43.9 Å². The number of hydrogen-bond acceptors (Lipinski definition) is 6. The van der Waals surface area contributed by atoms with Crippen molar-refractivity contribution in [2.24, 2.45) is 0 Å². The topological polar surface area (TPSA) is 117 Å². The van der Waals surface area contributed by atoms with Crippen molar-refractivity contribution in [3.8, 4) is 11.5 Å². The van der Waals surface area contributed by atoms with Gasteiger partial charge < -0.3 is 25.0 Å². The second-order valence-electron chi connectivity index (χ2n) is 7.84. The van der Waals surface area contributed by atoms with Crippen molar-refractivity contribution in [3.63, 3.8) is 0 Å². The Balaban J connectivity index is 1.19. The molecule has 2 saturated heterocycles. The molecule has 2 fully saturated rings. The van der Waals surface area contributed by atoms with E-state index in [1.807, 2.05) is 4.90 Å². The molecule has 0 aromatic heterocycles. The van der Waals surface area contributed by atoms with E-state index in [2.05, 4.69) is 10.6 Å². The lowest BCUT2D eigenvalue weighted by Crippen LogP contribution is -2.33. The van der Waals surface area contributed by atoms with Crippen LogP contribution in [0.1, 0.15) is 37.7 Å². The fraction of sp³-hybridized carbons (Fsp3) is 0.524. The zero-order valence-corrected chi connectivity index (χ0v) is 17.2. The van der Waals surface area contributed by atoms with Crippen LogP contribution < -0.4 is 20.1 Å². The summed E-state index contributed by atoms with van der Waals surface area (Å²) in [6.45, 7) is 2.19. The van der Waals surface area contributed by atoms with Crippen LogP contribution in [0.5, 0.6) is 11.5 Å². The summed E-state index contributed by atoms with van der Waals surface area (Å²) in [5.74, 6) is 0.878. The lowest BCUT2D eigenvalue weighted by Gasteiger charge is -2.15. The van der Waals surface area contributed by atoms with Crippen LogP contribution in [0.3, 0.4) is 0 Å². The molecule has 2 N–H and O–H groups in total. The number of urea groups is 1. The Labute approximate surface area is 179 Å². The molecule has 0 aliphatic carbocycles. The molecule has 5 amide bonds. The first-order valence-corrected chi connectivity index (χ1v) is 10.6. The van der Waals surface area contributed by atoms with Crippen molar-refractivity contribution in [1.82, 2.24) is 20.4 Å². The minimum Gasteiger partial charge on any atom is -0.454 e. The summed E-state index contributed by atoms with van der Waals surface area (Å²) < 4.78 is 10.6. The van der Waals surface area contributed by atoms with Gasteiger partial charge in [-0.3, -0.25) is 19.3 Å². The monoisotopic (exact) mass is 430 g/mol. The Morgan fingerprint density at radius 1 is 1.19 bits per heavy atom. The number of hydrogen-bond donors (Lipinski definition) is 2. The normalized spacial score (nSPS) is 19.9. The summed E-state index contributed by atoms with van der Waals surface area (Å²) in [7, 11) is 0. The van der Waals surface area contributed by atoms with E-state index in [0.29, 0.717) is 37.4 Å². The second kappa shape index (κ2) is 9.23. The Hall–Kier alpha value is -3.30. The molecule has 0 bridgehead atoms. The predicted octanol–water partition coefficient (Wildman–Crippen LogP) is 0.745. The SMILES string of the molecule is O=C(CC[C@@H]1NC(=O)N(Cc2ccc3c(c2)OCO3)C1=O)NCCCN1CCCC1=O. The van der Waals surface area contributed by atoms with Gasteiger partial charge in [0.1, 0.15) is 6.04 Å². The quantitative estimate of drug-likeness (QED) is 0.441. The minimum atomic E-state index is -0.713. The van der Waals surface area contributed by atoms with Gasteiger partial charge in [0.2, 0.25) is 18.6 Å². The summed E-state index contributed by atoms with van der Waals surface area (Å²) >= 11 is 0. The van der Waals surface area contributed by atoms with Gasteiger partial charge in [-0.25, -0.2) is 4.79 Å². The number of nitrogens with one attached hydrogen (secondary N) is 2. The zero-order chi connectivity index (χ0) is 21.8. The van der Waals surface area contributed by atoms with Gasteiger partial charge >= 0.3 is 6.03 Å². The average Bonchev–Trinajstić information content (AvgIpc) is 3.45. The fourth-order valence-corrected chi connectivity index (χ4v) is 3.95. The fourth-order valence-electron chi connectivity index (χ4n) is 3.95. The third-order valence-corrected chi connectivity index (χ3v) is 5.64. The largest absolute Gasteiger partial charge is 0.454 e. The smallest absolute Gasteiger partial charge is 0.325 e. The van der Waals surface area contributed by atoms with Gasteiger partial charge in [0.25, 0.3) is 5.91 Å². The van der Waals surface area contributed by atoms with Gasteiger partial charge in [0, 0.05) is 32.5 Å². The van der Waals surface area contributed by atoms with Crippen molar-refractivity contribution in [1.29, 1.82) is 0 Å². The molecule has 3 aliphatic rings. The van der Waals surface area contributed by atoms with Gasteiger partial charge in [-0.2, -0.15) is 0 Å². The Kier molecular flexibility index (Phi) is 6.24. The molecule has 10 heteroatoms. The highest BCUT2D eigenvalue weighted by atomic mass is 16.7. The molecule has 1 aromatic rings. The number of imide groups is 1. The lowest BCUT2D eigenvalue weighted by atomic mass is 10.1. The number of amides is 5. The lowest BCUT2D eigenvalue weighted by molar-refractivity contribution is -0.128. The molecule has 0 radical (unpaired) electrons. The van der Waals surface area contributed by atoms with Crippen molar-refractivity contribution >= 4 is 23.8 Å². The summed E-state index contributed by atoms with van der Waals surface area (Å²) in [5, 5.41) is 5.45. The number of rotatable bonds is 9. The molecule has 1 atom stereocenters. The Bertz CT molecular complexity index is 889. The van der Waals surface area contributed by atoms with Crippen LogP contribution in [-0.2, 0) is 20.9 Å². The van der Waals surface area contributed by atoms with Crippen LogP contribution in [0.15, 0.2) is 18.2 Å². The van der Waals surface area contributed by atoms with Crippen LogP contribution in [0.2, 0.25) is 0 Å². The van der Waals surface area contributed by atoms with Crippen molar-refractivity contribution in [2.45, 2.75) is 44.7 Å². The summed E-state index contributed by atoms with van der Waals surface area (Å²) in [5.41, 5.74) is 0.752. The van der Waals surface area contributed by atoms with Gasteiger partial charge in [-0.05, 0) is 37.0 Å². The second-order valence-corrected chi connectivity index (χ2v) is 7.84. The molecule has 1 aromatic carbocycles. The molecule has 3 aliphatic heterocycles. The molecule has 4 rings (SSSR count). The molecule has 10 nitrogen and oxygen atoms in total. The van der Waals surface area contributed by atoms with Crippen molar-refractivity contribution in [2.75, 3.05) is 26.4 Å². The first-order chi connectivity index (χ1) is 15.0. The summed E-state index contributed by atoms with van der Waals surface area (Å²) in [4.78, 5) is 51.5. The van der Waals surface area contributed by atoms with Crippen LogP contribution in [0, 0.1) is 0 Å². The minimum absolute atomic E-state index is 0.124. The number of carbonyl (C=O) groups excluding carboxylic acids is 4. The first kappa shape index (κ1) is 21.0. The first-order valence-electron chi connectivity index (χ1n) is 10.6. The van der Waals surface area contributed by atoms with Crippen molar-refractivity contribution in [3.05, 3.63) is 23.8 Å². The molecule has 0 spiro atoms. The maximum Gasteiger partial charge on any atom is 0.325 e. The number of ether oxygens (including phenoxy) is 2. The number of fused-ring (bicyclic) bond motifs is 1. The number of benzene rings is 1. The van der Waals surface area contributed by atoms with Gasteiger partial charge in [-0.1, -0.05) is 6.07 Å². The molecule has 166 valence electrons. The molecule has 0 saturated carbocycles. The van der Waals surface area contributed by atoms with Crippen LogP contribution >= 0.6 is 0 Å². The Morgan fingerprint density at radius 2 is 2.03 bits per heavy atom. The van der Waals surface area contributed by atoms with Crippen LogP contribution in [-0.4, -0.2) is 66.0 Å². The highest BCUT2D eigenvalue weighted by Gasteiger charge is 2.38. The predicted molar refractivity (Wildman–Crippen MR) is 108 cm³/mol. The van der Waals surface area contributed by atoms with Crippen LogP contribution in [0.4, 0.5) is 4.79 Å². The molecule has 3 heterocycles. The third kappa shape index (κ3) is 4.89. The third-order valence-electron chi connectivity index (χ3n) is 5.64. The van der Waals surface area contributed by atoms with E-state index in [0.717, 1.165) is 23.4 Å².